The lowest BCUT2D eigenvalue weighted by Crippen LogP contribution is -2.31. The van der Waals surface area contributed by atoms with Crippen LogP contribution in [0.15, 0.2) is 18.2 Å². The average Bonchev–Trinajstić information content (AvgIpc) is 3.10. The van der Waals surface area contributed by atoms with Crippen molar-refractivity contribution < 1.29 is 9.90 Å². The molecule has 1 aromatic carbocycles. The van der Waals surface area contributed by atoms with Crippen molar-refractivity contribution in [3.05, 3.63) is 29.3 Å². The Morgan fingerprint density at radius 3 is 2.83 bits per heavy atom. The van der Waals surface area contributed by atoms with Crippen LogP contribution in [0.25, 0.3) is 0 Å². The molecular formula is C14H20N2O2. The molecule has 1 aromatic rings. The van der Waals surface area contributed by atoms with E-state index in [2.05, 4.69) is 5.32 Å². The Hall–Kier alpha value is -1.55. The highest BCUT2D eigenvalue weighted by molar-refractivity contribution is 5.96. The summed E-state index contributed by atoms with van der Waals surface area (Å²) >= 11 is 0. The zero-order valence-corrected chi connectivity index (χ0v) is 10.7. The van der Waals surface area contributed by atoms with Crippen LogP contribution in [0.1, 0.15) is 35.2 Å². The maximum absolute atomic E-state index is 12.1. The fraction of sp³-hybridized carbons (Fsp3) is 0.500. The standard InChI is InChI=1S/C14H20N2O2/c1-10-2-3-11(15)8-12(10)13(18)16-9-14(4-5-14)6-7-17/h2-3,8,17H,4-7,9,15H2,1H3,(H,16,18). The monoisotopic (exact) mass is 248 g/mol. The van der Waals surface area contributed by atoms with Gasteiger partial charge < -0.3 is 16.2 Å². The van der Waals surface area contributed by atoms with Gasteiger partial charge in [-0.1, -0.05) is 6.07 Å². The number of carbonyl (C=O) groups is 1. The highest BCUT2D eigenvalue weighted by Crippen LogP contribution is 2.47. The molecule has 0 heterocycles. The van der Waals surface area contributed by atoms with Gasteiger partial charge in [0.15, 0.2) is 0 Å². The van der Waals surface area contributed by atoms with Crippen molar-refractivity contribution in [3.8, 4) is 0 Å². The van der Waals surface area contributed by atoms with E-state index in [1.807, 2.05) is 13.0 Å². The number of hydrogen-bond donors (Lipinski definition) is 3. The first kappa shape index (κ1) is 12.9. The van der Waals surface area contributed by atoms with E-state index in [-0.39, 0.29) is 17.9 Å². The number of aryl methyl sites for hydroxylation is 1. The fourth-order valence-corrected chi connectivity index (χ4v) is 2.18. The second-order valence-electron chi connectivity index (χ2n) is 5.23. The molecular weight excluding hydrogens is 228 g/mol. The maximum atomic E-state index is 12.1. The number of nitrogens with two attached hydrogens (primary N) is 1. The lowest BCUT2D eigenvalue weighted by atomic mass is 10.0. The van der Waals surface area contributed by atoms with Gasteiger partial charge in [0.1, 0.15) is 0 Å². The van der Waals surface area contributed by atoms with Gasteiger partial charge in [-0.25, -0.2) is 0 Å². The topological polar surface area (TPSA) is 75.4 Å². The van der Waals surface area contributed by atoms with Crippen LogP contribution in [0.3, 0.4) is 0 Å². The van der Waals surface area contributed by atoms with Crippen molar-refractivity contribution in [3.63, 3.8) is 0 Å². The van der Waals surface area contributed by atoms with E-state index >= 15 is 0 Å². The van der Waals surface area contributed by atoms with Crippen molar-refractivity contribution >= 4 is 11.6 Å². The summed E-state index contributed by atoms with van der Waals surface area (Å²) in [6, 6.07) is 5.35. The van der Waals surface area contributed by atoms with Gasteiger partial charge in [-0.15, -0.1) is 0 Å². The van der Waals surface area contributed by atoms with Crippen LogP contribution in [0.5, 0.6) is 0 Å². The molecule has 4 nitrogen and oxygen atoms in total. The third-order valence-electron chi connectivity index (χ3n) is 3.73. The summed E-state index contributed by atoms with van der Waals surface area (Å²) in [6.07, 6.45) is 2.94. The third kappa shape index (κ3) is 2.82. The molecule has 1 saturated carbocycles. The lowest BCUT2D eigenvalue weighted by molar-refractivity contribution is 0.0940. The Morgan fingerprint density at radius 1 is 1.50 bits per heavy atom. The van der Waals surface area contributed by atoms with E-state index in [1.165, 1.54) is 0 Å². The van der Waals surface area contributed by atoms with Crippen molar-refractivity contribution in [2.45, 2.75) is 26.2 Å². The van der Waals surface area contributed by atoms with Crippen molar-refractivity contribution in [1.29, 1.82) is 0 Å². The minimum absolute atomic E-state index is 0.0796. The highest BCUT2D eigenvalue weighted by atomic mass is 16.3. The largest absolute Gasteiger partial charge is 0.399 e. The molecule has 0 radical (unpaired) electrons. The van der Waals surface area contributed by atoms with E-state index in [4.69, 9.17) is 10.8 Å². The number of aliphatic hydroxyl groups is 1. The summed E-state index contributed by atoms with van der Waals surface area (Å²) < 4.78 is 0. The molecule has 4 N–H and O–H groups in total. The number of nitrogens with one attached hydrogen (secondary N) is 1. The quantitative estimate of drug-likeness (QED) is 0.691. The number of benzene rings is 1. The van der Waals surface area contributed by atoms with Crippen molar-refractivity contribution in [1.82, 2.24) is 5.32 Å². The first-order valence-corrected chi connectivity index (χ1v) is 6.31. The molecule has 98 valence electrons. The molecule has 1 aliphatic rings. The first-order chi connectivity index (χ1) is 8.56. The Morgan fingerprint density at radius 2 is 2.22 bits per heavy atom. The number of aliphatic hydroxyl groups excluding tert-OH is 1. The third-order valence-corrected chi connectivity index (χ3v) is 3.73. The summed E-state index contributed by atoms with van der Waals surface area (Å²) in [7, 11) is 0. The molecule has 0 unspecified atom stereocenters. The molecule has 0 bridgehead atoms. The summed E-state index contributed by atoms with van der Waals surface area (Å²) in [6.45, 7) is 2.72. The van der Waals surface area contributed by atoms with Gasteiger partial charge in [-0.05, 0) is 49.3 Å². The molecule has 1 fully saturated rings. The van der Waals surface area contributed by atoms with Gasteiger partial charge >= 0.3 is 0 Å². The molecule has 4 heteroatoms. The number of anilines is 1. The van der Waals surface area contributed by atoms with Gasteiger partial charge in [0.2, 0.25) is 0 Å². The number of rotatable bonds is 5. The van der Waals surface area contributed by atoms with Gasteiger partial charge in [-0.3, -0.25) is 4.79 Å². The smallest absolute Gasteiger partial charge is 0.251 e. The van der Waals surface area contributed by atoms with Crippen LogP contribution < -0.4 is 11.1 Å². The van der Waals surface area contributed by atoms with Crippen LogP contribution in [-0.2, 0) is 0 Å². The van der Waals surface area contributed by atoms with E-state index in [0.29, 0.717) is 17.8 Å². The van der Waals surface area contributed by atoms with Gasteiger partial charge in [0, 0.05) is 24.4 Å². The number of amides is 1. The van der Waals surface area contributed by atoms with Crippen molar-refractivity contribution in [2.24, 2.45) is 5.41 Å². The van der Waals surface area contributed by atoms with E-state index in [9.17, 15) is 4.79 Å². The van der Waals surface area contributed by atoms with E-state index < -0.39 is 0 Å². The Bertz CT molecular complexity index is 453. The summed E-state index contributed by atoms with van der Waals surface area (Å²) in [5.41, 5.74) is 7.99. The molecule has 0 saturated heterocycles. The predicted octanol–water partition coefficient (Wildman–Crippen LogP) is 1.47. The summed E-state index contributed by atoms with van der Waals surface area (Å²) in [5, 5.41) is 11.9. The van der Waals surface area contributed by atoms with Crippen LogP contribution in [0, 0.1) is 12.3 Å². The number of nitrogen functional groups attached to an aromatic ring is 1. The number of carbonyl (C=O) groups excluding carboxylic acids is 1. The minimum Gasteiger partial charge on any atom is -0.399 e. The zero-order chi connectivity index (χ0) is 13.2. The normalized spacial score (nSPS) is 16.3. The Balaban J connectivity index is 1.98. The molecule has 0 aliphatic heterocycles. The van der Waals surface area contributed by atoms with Crippen molar-refractivity contribution in [2.75, 3.05) is 18.9 Å². The average molecular weight is 248 g/mol. The second-order valence-corrected chi connectivity index (χ2v) is 5.23. The molecule has 0 atom stereocenters. The van der Waals surface area contributed by atoms with Crippen LogP contribution in [0.2, 0.25) is 0 Å². The van der Waals surface area contributed by atoms with Gasteiger partial charge in [0.25, 0.3) is 5.91 Å². The SMILES string of the molecule is Cc1ccc(N)cc1C(=O)NCC1(CCO)CC1. The number of hydrogen-bond acceptors (Lipinski definition) is 3. The molecule has 1 amide bonds. The van der Waals surface area contributed by atoms with Crippen LogP contribution >= 0.6 is 0 Å². The Labute approximate surface area is 107 Å². The summed E-state index contributed by atoms with van der Waals surface area (Å²) in [5.74, 6) is -0.0796. The van der Waals surface area contributed by atoms with Gasteiger partial charge in [0.05, 0.1) is 0 Å². The maximum Gasteiger partial charge on any atom is 0.251 e. The lowest BCUT2D eigenvalue weighted by Gasteiger charge is -2.15. The first-order valence-electron chi connectivity index (χ1n) is 6.31. The van der Waals surface area contributed by atoms with Crippen LogP contribution in [-0.4, -0.2) is 24.2 Å². The fourth-order valence-electron chi connectivity index (χ4n) is 2.18. The van der Waals surface area contributed by atoms with E-state index in [1.54, 1.807) is 12.1 Å². The molecule has 0 spiro atoms. The molecule has 0 aromatic heterocycles. The van der Waals surface area contributed by atoms with Crippen LogP contribution in [0.4, 0.5) is 5.69 Å². The predicted molar refractivity (Wildman–Crippen MR) is 71.3 cm³/mol. The minimum atomic E-state index is -0.0796. The van der Waals surface area contributed by atoms with Gasteiger partial charge in [-0.2, -0.15) is 0 Å². The molecule has 2 rings (SSSR count). The second kappa shape index (κ2) is 4.98. The molecule has 1 aliphatic carbocycles. The van der Waals surface area contributed by atoms with E-state index in [0.717, 1.165) is 24.8 Å². The molecule has 18 heavy (non-hydrogen) atoms. The highest BCUT2D eigenvalue weighted by Gasteiger charge is 2.41. The zero-order valence-electron chi connectivity index (χ0n) is 10.7. The Kier molecular flexibility index (Phi) is 3.57. The summed E-state index contributed by atoms with van der Waals surface area (Å²) in [4.78, 5) is 12.1.